The molecule has 1 aromatic carbocycles. The van der Waals surface area contributed by atoms with E-state index in [4.69, 9.17) is 0 Å². The summed E-state index contributed by atoms with van der Waals surface area (Å²) in [7, 11) is 3.81. The van der Waals surface area contributed by atoms with Crippen molar-refractivity contribution in [2.45, 2.75) is 26.3 Å². The highest BCUT2D eigenvalue weighted by atomic mass is 16.6. The first kappa shape index (κ1) is 24.1. The van der Waals surface area contributed by atoms with Crippen LogP contribution < -0.4 is 0 Å². The second kappa shape index (κ2) is 9.30. The van der Waals surface area contributed by atoms with Gasteiger partial charge in [-0.3, -0.25) is 24.1 Å². The van der Waals surface area contributed by atoms with Crippen molar-refractivity contribution in [2.75, 3.05) is 27.2 Å². The van der Waals surface area contributed by atoms with Gasteiger partial charge in [0.15, 0.2) is 5.76 Å². The summed E-state index contributed by atoms with van der Waals surface area (Å²) >= 11 is 0. The van der Waals surface area contributed by atoms with Crippen LogP contribution in [-0.4, -0.2) is 68.1 Å². The van der Waals surface area contributed by atoms with Crippen molar-refractivity contribution in [3.8, 4) is 0 Å². The number of aromatic nitrogens is 2. The molecule has 3 aromatic rings. The number of hydrogen-bond acceptors (Lipinski definition) is 7. The van der Waals surface area contributed by atoms with Gasteiger partial charge in [-0.15, -0.1) is 0 Å². The number of nitro groups is 1. The molecule has 4 rings (SSSR count). The lowest BCUT2D eigenvalue weighted by Gasteiger charge is -2.25. The summed E-state index contributed by atoms with van der Waals surface area (Å²) in [5, 5.41) is 22.9. The van der Waals surface area contributed by atoms with Crippen molar-refractivity contribution in [1.29, 1.82) is 0 Å². The zero-order chi connectivity index (χ0) is 25.4. The topological polar surface area (TPSA) is 121 Å². The molecule has 0 aliphatic carbocycles. The summed E-state index contributed by atoms with van der Waals surface area (Å²) in [5.41, 5.74) is 2.42. The lowest BCUT2D eigenvalue weighted by molar-refractivity contribution is -0.384. The molecule has 35 heavy (non-hydrogen) atoms. The molecule has 3 heterocycles. The van der Waals surface area contributed by atoms with E-state index in [1.807, 2.05) is 32.0 Å². The van der Waals surface area contributed by atoms with Gasteiger partial charge in [0.2, 0.25) is 0 Å². The highest BCUT2D eigenvalue weighted by Crippen LogP contribution is 2.41. The van der Waals surface area contributed by atoms with Crippen LogP contribution in [-0.2, 0) is 9.59 Å². The number of pyridine rings is 1. The maximum atomic E-state index is 13.3. The molecule has 1 saturated heterocycles. The molecule has 182 valence electrons. The minimum absolute atomic E-state index is 0.105. The number of ketones is 1. The van der Waals surface area contributed by atoms with E-state index >= 15 is 0 Å². The summed E-state index contributed by atoms with van der Waals surface area (Å²) in [6, 6.07) is 8.55. The molecule has 1 aliphatic heterocycles. The first-order valence-electron chi connectivity index (χ1n) is 11.2. The number of Topliss-reactive ketones (excluding diaryl/α,β-unsaturated/α-hetero) is 1. The van der Waals surface area contributed by atoms with Crippen molar-refractivity contribution in [2.24, 2.45) is 0 Å². The first-order chi connectivity index (χ1) is 16.6. The van der Waals surface area contributed by atoms with Crippen LogP contribution in [0.15, 0.2) is 48.2 Å². The normalized spacial score (nSPS) is 17.6. The van der Waals surface area contributed by atoms with Gasteiger partial charge in [0.1, 0.15) is 11.3 Å². The molecule has 1 amide bonds. The predicted octanol–water partition coefficient (Wildman–Crippen LogP) is 3.23. The van der Waals surface area contributed by atoms with Crippen molar-refractivity contribution in [1.82, 2.24) is 19.2 Å². The number of non-ortho nitro benzene ring substituents is 1. The Morgan fingerprint density at radius 1 is 1.20 bits per heavy atom. The van der Waals surface area contributed by atoms with Gasteiger partial charge in [0.05, 0.1) is 22.2 Å². The van der Waals surface area contributed by atoms with E-state index in [2.05, 4.69) is 4.98 Å². The molecular weight excluding hydrogens is 450 g/mol. The van der Waals surface area contributed by atoms with Crippen LogP contribution >= 0.6 is 0 Å². The van der Waals surface area contributed by atoms with Crippen LogP contribution in [0.25, 0.3) is 11.4 Å². The maximum absolute atomic E-state index is 13.3. The van der Waals surface area contributed by atoms with E-state index in [9.17, 15) is 24.8 Å². The van der Waals surface area contributed by atoms with Crippen LogP contribution in [0.5, 0.6) is 0 Å². The van der Waals surface area contributed by atoms with Crippen molar-refractivity contribution in [3.63, 3.8) is 0 Å². The third-order valence-electron chi connectivity index (χ3n) is 6.18. The zero-order valence-corrected chi connectivity index (χ0v) is 20.1. The monoisotopic (exact) mass is 477 g/mol. The fourth-order valence-electron chi connectivity index (χ4n) is 4.55. The van der Waals surface area contributed by atoms with E-state index < -0.39 is 22.7 Å². The molecule has 10 nitrogen and oxygen atoms in total. The maximum Gasteiger partial charge on any atom is 0.295 e. The molecule has 2 aromatic heterocycles. The fourth-order valence-corrected chi connectivity index (χ4v) is 4.55. The third kappa shape index (κ3) is 4.28. The average molecular weight is 478 g/mol. The Morgan fingerprint density at radius 2 is 1.94 bits per heavy atom. The Kier molecular flexibility index (Phi) is 6.40. The number of benzene rings is 1. The van der Waals surface area contributed by atoms with Gasteiger partial charge in [-0.25, -0.2) is 4.98 Å². The van der Waals surface area contributed by atoms with Crippen molar-refractivity contribution >= 4 is 28.8 Å². The zero-order valence-electron chi connectivity index (χ0n) is 20.1. The number of nitrogens with zero attached hydrogens (tertiary/aromatic N) is 5. The highest BCUT2D eigenvalue weighted by molar-refractivity contribution is 6.46. The predicted molar refractivity (Wildman–Crippen MR) is 130 cm³/mol. The number of carbonyl (C=O) groups excluding carboxylic acids is 2. The number of likely N-dealkylation sites (tertiary alicyclic amines) is 1. The number of imidazole rings is 1. The van der Waals surface area contributed by atoms with E-state index in [-0.39, 0.29) is 23.6 Å². The molecule has 0 spiro atoms. The largest absolute Gasteiger partial charge is 0.505 e. The van der Waals surface area contributed by atoms with Crippen molar-refractivity contribution < 1.29 is 19.6 Å². The Labute approximate surface area is 202 Å². The summed E-state index contributed by atoms with van der Waals surface area (Å²) in [5.74, 6) is -1.93. The van der Waals surface area contributed by atoms with E-state index in [0.717, 1.165) is 5.56 Å². The second-order valence-corrected chi connectivity index (χ2v) is 8.93. The summed E-state index contributed by atoms with van der Waals surface area (Å²) < 4.78 is 1.68. The average Bonchev–Trinajstić information content (AvgIpc) is 3.28. The lowest BCUT2D eigenvalue weighted by Crippen LogP contribution is -2.32. The number of aliphatic hydroxyl groups excluding tert-OH is 1. The standard InChI is InChI=1S/C25H27N5O5/c1-15-8-6-12-28-20(16(2)26-24(15)28)22(31)19-21(17-9-5-10-18(14-17)30(34)35)29(25(33)23(19)32)13-7-11-27(3)4/h5-6,8-10,12,14,21,31H,7,11,13H2,1-4H3/b22-19+/t21-/m0/s1. The quantitative estimate of drug-likeness (QED) is 0.182. The summed E-state index contributed by atoms with van der Waals surface area (Å²) in [4.78, 5) is 45.2. The van der Waals surface area contributed by atoms with Crippen LogP contribution in [0, 0.1) is 24.0 Å². The molecule has 0 saturated carbocycles. The number of aryl methyl sites for hydroxylation is 2. The number of carbonyl (C=O) groups is 2. The summed E-state index contributed by atoms with van der Waals surface area (Å²) in [6.07, 6.45) is 2.31. The van der Waals surface area contributed by atoms with Crippen LogP contribution in [0.2, 0.25) is 0 Å². The second-order valence-electron chi connectivity index (χ2n) is 8.93. The SMILES string of the molecule is Cc1nc2c(C)cccn2c1/C(O)=C1\C(=O)C(=O)N(CCCN(C)C)[C@H]1c1cccc([N+](=O)[O-])c1. The Bertz CT molecular complexity index is 1370. The van der Waals surface area contributed by atoms with Gasteiger partial charge in [0, 0.05) is 24.9 Å². The molecule has 0 bridgehead atoms. The van der Waals surface area contributed by atoms with Gasteiger partial charge >= 0.3 is 0 Å². The van der Waals surface area contributed by atoms with Gasteiger partial charge in [-0.1, -0.05) is 18.2 Å². The van der Waals surface area contributed by atoms with Gasteiger partial charge < -0.3 is 14.9 Å². The fraction of sp³-hybridized carbons (Fsp3) is 0.320. The highest BCUT2D eigenvalue weighted by Gasteiger charge is 2.46. The Hall–Kier alpha value is -4.05. The molecule has 1 fully saturated rings. The number of nitro benzene ring substituents is 1. The molecule has 10 heteroatoms. The van der Waals surface area contributed by atoms with E-state index in [1.165, 1.54) is 23.1 Å². The van der Waals surface area contributed by atoms with Crippen LogP contribution in [0.1, 0.15) is 35.0 Å². The van der Waals surface area contributed by atoms with Crippen LogP contribution in [0.3, 0.4) is 0 Å². The molecule has 0 radical (unpaired) electrons. The number of aliphatic hydroxyl groups is 1. The van der Waals surface area contributed by atoms with Crippen molar-refractivity contribution in [3.05, 3.63) is 80.8 Å². The van der Waals surface area contributed by atoms with Gasteiger partial charge in [0.25, 0.3) is 17.4 Å². The minimum atomic E-state index is -0.966. The molecule has 1 aliphatic rings. The number of rotatable bonds is 7. The number of fused-ring (bicyclic) bond motifs is 1. The molecular formula is C25H27N5O5. The van der Waals surface area contributed by atoms with Gasteiger partial charge in [-0.2, -0.15) is 0 Å². The molecule has 1 atom stereocenters. The number of hydrogen-bond donors (Lipinski definition) is 1. The molecule has 0 unspecified atom stereocenters. The Balaban J connectivity index is 1.92. The third-order valence-corrected chi connectivity index (χ3v) is 6.18. The molecule has 1 N–H and O–H groups in total. The smallest absolute Gasteiger partial charge is 0.295 e. The Morgan fingerprint density at radius 3 is 2.63 bits per heavy atom. The van der Waals surface area contributed by atoms with Crippen LogP contribution in [0.4, 0.5) is 5.69 Å². The number of amides is 1. The van der Waals surface area contributed by atoms with E-state index in [1.54, 1.807) is 29.7 Å². The summed E-state index contributed by atoms with van der Waals surface area (Å²) in [6.45, 7) is 4.53. The lowest BCUT2D eigenvalue weighted by atomic mass is 9.96. The van der Waals surface area contributed by atoms with Gasteiger partial charge in [-0.05, 0) is 58.1 Å². The van der Waals surface area contributed by atoms with E-state index in [0.29, 0.717) is 35.6 Å². The first-order valence-corrected chi connectivity index (χ1v) is 11.2. The minimum Gasteiger partial charge on any atom is -0.505 e.